The van der Waals surface area contributed by atoms with Gasteiger partial charge < -0.3 is 5.32 Å². The molecule has 0 spiro atoms. The van der Waals surface area contributed by atoms with Crippen LogP contribution in [0.1, 0.15) is 51.3 Å². The third-order valence-corrected chi connectivity index (χ3v) is 2.79. The number of rotatable bonds is 5. The molecule has 1 aromatic heterocycles. The molecule has 3 nitrogen and oxygen atoms in total. The van der Waals surface area contributed by atoms with Gasteiger partial charge in [0.25, 0.3) is 0 Å². The number of unbranched alkanes of at least 4 members (excludes halogenated alkanes) is 2. The van der Waals surface area contributed by atoms with E-state index in [1.165, 1.54) is 6.92 Å². The molecule has 0 saturated heterocycles. The molecular weight excluding hydrogens is 291 g/mol. The number of alkyl halides is 3. The summed E-state index contributed by atoms with van der Waals surface area (Å²) in [5.41, 5.74) is -1.14. The highest BCUT2D eigenvalue weighted by Gasteiger charge is 2.36. The molecule has 1 aromatic rings. The Morgan fingerprint density at radius 2 is 1.75 bits per heavy atom. The van der Waals surface area contributed by atoms with E-state index in [4.69, 9.17) is 11.6 Å². The number of aromatic nitrogens is 2. The summed E-state index contributed by atoms with van der Waals surface area (Å²) < 4.78 is 38.0. The SMILES string of the molecule is CC.CCCCCNc1nc(Cl)c(C)c(C(F)(F)F)n1. The Morgan fingerprint density at radius 1 is 1.15 bits per heavy atom. The molecule has 0 aliphatic rings. The van der Waals surface area contributed by atoms with Crippen LogP contribution in [0.5, 0.6) is 0 Å². The van der Waals surface area contributed by atoms with Crippen molar-refractivity contribution in [3.8, 4) is 0 Å². The largest absolute Gasteiger partial charge is 0.433 e. The molecule has 1 heterocycles. The Balaban J connectivity index is 0.00000172. The number of hydrogen-bond donors (Lipinski definition) is 1. The highest BCUT2D eigenvalue weighted by Crippen LogP contribution is 2.33. The molecule has 0 aliphatic carbocycles. The van der Waals surface area contributed by atoms with Gasteiger partial charge in [0.1, 0.15) is 5.15 Å². The van der Waals surface area contributed by atoms with E-state index in [9.17, 15) is 13.2 Å². The number of nitrogens with one attached hydrogen (secondary N) is 1. The van der Waals surface area contributed by atoms with Gasteiger partial charge in [-0.05, 0) is 13.3 Å². The summed E-state index contributed by atoms with van der Waals surface area (Å²) in [5, 5.41) is 2.58. The molecule has 0 bridgehead atoms. The van der Waals surface area contributed by atoms with Crippen molar-refractivity contribution in [3.05, 3.63) is 16.4 Å². The Bertz CT molecular complexity index is 409. The van der Waals surface area contributed by atoms with E-state index in [2.05, 4.69) is 15.3 Å². The molecule has 0 aliphatic heterocycles. The van der Waals surface area contributed by atoms with Crippen LogP contribution in [0.3, 0.4) is 0 Å². The van der Waals surface area contributed by atoms with Gasteiger partial charge in [-0.15, -0.1) is 0 Å². The predicted octanol–water partition coefficient (Wildman–Crippen LogP) is 5.09. The molecule has 7 heteroatoms. The Morgan fingerprint density at radius 3 is 2.25 bits per heavy atom. The number of hydrogen-bond acceptors (Lipinski definition) is 3. The second kappa shape index (κ2) is 9.00. The Hall–Kier alpha value is -1.04. The van der Waals surface area contributed by atoms with Crippen molar-refractivity contribution in [2.45, 2.75) is 53.1 Å². The first kappa shape index (κ1) is 19.0. The molecule has 116 valence electrons. The van der Waals surface area contributed by atoms with Gasteiger partial charge in [0.2, 0.25) is 5.95 Å². The highest BCUT2D eigenvalue weighted by atomic mass is 35.5. The minimum absolute atomic E-state index is 0.0750. The van der Waals surface area contributed by atoms with Crippen molar-refractivity contribution in [3.63, 3.8) is 0 Å². The molecular formula is C13H21ClF3N3. The normalized spacial score (nSPS) is 10.8. The second-order valence-corrected chi connectivity index (χ2v) is 4.30. The van der Waals surface area contributed by atoms with E-state index in [-0.39, 0.29) is 16.7 Å². The van der Waals surface area contributed by atoms with Crippen LogP contribution in [0.25, 0.3) is 0 Å². The molecule has 1 rings (SSSR count). The fourth-order valence-corrected chi connectivity index (χ4v) is 1.59. The van der Waals surface area contributed by atoms with Crippen LogP contribution >= 0.6 is 11.6 Å². The minimum Gasteiger partial charge on any atom is -0.354 e. The van der Waals surface area contributed by atoms with Gasteiger partial charge >= 0.3 is 6.18 Å². The molecule has 20 heavy (non-hydrogen) atoms. The molecule has 0 saturated carbocycles. The molecule has 0 radical (unpaired) electrons. The fraction of sp³-hybridized carbons (Fsp3) is 0.692. The summed E-state index contributed by atoms with van der Waals surface area (Å²) in [7, 11) is 0. The Labute approximate surface area is 123 Å². The van der Waals surface area contributed by atoms with Crippen molar-refractivity contribution in [1.29, 1.82) is 0 Å². The summed E-state index contributed by atoms with van der Waals surface area (Å²) in [6, 6.07) is 0. The minimum atomic E-state index is -4.52. The van der Waals surface area contributed by atoms with Gasteiger partial charge in [-0.3, -0.25) is 0 Å². The maximum absolute atomic E-state index is 12.7. The summed E-state index contributed by atoms with van der Waals surface area (Å²) in [6.45, 7) is 7.83. The van der Waals surface area contributed by atoms with Crippen molar-refractivity contribution < 1.29 is 13.2 Å². The zero-order valence-corrected chi connectivity index (χ0v) is 13.0. The predicted molar refractivity (Wildman–Crippen MR) is 76.1 cm³/mol. The second-order valence-electron chi connectivity index (χ2n) is 3.94. The molecule has 1 N–H and O–H groups in total. The number of nitrogens with zero attached hydrogens (tertiary/aromatic N) is 2. The molecule has 0 unspecified atom stereocenters. The smallest absolute Gasteiger partial charge is 0.354 e. The third kappa shape index (κ3) is 5.94. The number of anilines is 1. The van der Waals surface area contributed by atoms with E-state index in [0.717, 1.165) is 19.3 Å². The first-order valence-corrected chi connectivity index (χ1v) is 7.09. The first-order valence-electron chi connectivity index (χ1n) is 6.71. The first-order chi connectivity index (χ1) is 9.36. The average Bonchev–Trinajstić information content (AvgIpc) is 2.39. The zero-order valence-electron chi connectivity index (χ0n) is 12.2. The lowest BCUT2D eigenvalue weighted by atomic mass is 10.2. The van der Waals surface area contributed by atoms with Crippen LogP contribution in [0, 0.1) is 6.92 Å². The summed E-state index contributed by atoms with van der Waals surface area (Å²) in [6.07, 6.45) is -1.63. The fourth-order valence-electron chi connectivity index (χ4n) is 1.42. The Kier molecular flexibility index (Phi) is 8.53. The van der Waals surface area contributed by atoms with Crippen molar-refractivity contribution >= 4 is 17.5 Å². The average molecular weight is 312 g/mol. The van der Waals surface area contributed by atoms with Gasteiger partial charge in [0.05, 0.1) is 0 Å². The molecule has 0 amide bonds. The van der Waals surface area contributed by atoms with E-state index >= 15 is 0 Å². The number of halogens is 4. The van der Waals surface area contributed by atoms with Crippen LogP contribution in [-0.4, -0.2) is 16.5 Å². The van der Waals surface area contributed by atoms with E-state index in [1.54, 1.807) is 0 Å². The van der Waals surface area contributed by atoms with Crippen molar-refractivity contribution in [2.24, 2.45) is 0 Å². The van der Waals surface area contributed by atoms with Crippen LogP contribution in [0.2, 0.25) is 5.15 Å². The van der Waals surface area contributed by atoms with Gasteiger partial charge in [-0.2, -0.15) is 13.2 Å². The van der Waals surface area contributed by atoms with Crippen LogP contribution in [-0.2, 0) is 6.18 Å². The molecule has 0 aromatic carbocycles. The van der Waals surface area contributed by atoms with E-state index in [0.29, 0.717) is 6.54 Å². The van der Waals surface area contributed by atoms with Crippen LogP contribution in [0.15, 0.2) is 0 Å². The summed E-state index contributed by atoms with van der Waals surface area (Å²) >= 11 is 5.67. The highest BCUT2D eigenvalue weighted by molar-refractivity contribution is 6.30. The standard InChI is InChI=1S/C11H15ClF3N3.C2H6/c1-3-4-5-6-16-10-17-8(11(13,14)15)7(2)9(12)18-10;1-2/h3-6H2,1-2H3,(H,16,17,18);1-2H3. The van der Waals surface area contributed by atoms with Crippen LogP contribution in [0.4, 0.5) is 19.1 Å². The van der Waals surface area contributed by atoms with Gasteiger partial charge in [0.15, 0.2) is 5.69 Å². The topological polar surface area (TPSA) is 37.8 Å². The lowest BCUT2D eigenvalue weighted by Crippen LogP contribution is -2.15. The zero-order chi connectivity index (χ0) is 15.8. The quantitative estimate of drug-likeness (QED) is 0.608. The third-order valence-electron chi connectivity index (χ3n) is 2.42. The van der Waals surface area contributed by atoms with Crippen LogP contribution < -0.4 is 5.32 Å². The van der Waals surface area contributed by atoms with Crippen molar-refractivity contribution in [2.75, 3.05) is 11.9 Å². The van der Waals surface area contributed by atoms with E-state index < -0.39 is 11.9 Å². The lowest BCUT2D eigenvalue weighted by Gasteiger charge is -2.12. The maximum Gasteiger partial charge on any atom is 0.433 e. The van der Waals surface area contributed by atoms with Gasteiger partial charge in [-0.25, -0.2) is 9.97 Å². The lowest BCUT2D eigenvalue weighted by molar-refractivity contribution is -0.141. The monoisotopic (exact) mass is 311 g/mol. The van der Waals surface area contributed by atoms with E-state index in [1.807, 2.05) is 20.8 Å². The molecule has 0 atom stereocenters. The molecule has 0 fully saturated rings. The van der Waals surface area contributed by atoms with Crippen molar-refractivity contribution in [1.82, 2.24) is 9.97 Å². The van der Waals surface area contributed by atoms with Gasteiger partial charge in [-0.1, -0.05) is 45.2 Å². The maximum atomic E-state index is 12.7. The van der Waals surface area contributed by atoms with Gasteiger partial charge in [0, 0.05) is 12.1 Å². The summed E-state index contributed by atoms with van der Waals surface area (Å²) in [5.74, 6) is -0.0750. The summed E-state index contributed by atoms with van der Waals surface area (Å²) in [4.78, 5) is 7.26.